The van der Waals surface area contributed by atoms with Gasteiger partial charge in [-0.05, 0) is 13.8 Å². The molecule has 0 amide bonds. The number of methoxy groups -OCH3 is 2. The number of hydrogen-bond donors (Lipinski definition) is 1. The Kier molecular flexibility index (Phi) is 4.48. The van der Waals surface area contributed by atoms with Gasteiger partial charge in [0, 0.05) is 20.6 Å². The Morgan fingerprint density at radius 1 is 1.47 bits per heavy atom. The first-order valence-electron chi connectivity index (χ1n) is 5.04. The van der Waals surface area contributed by atoms with E-state index in [1.807, 2.05) is 13.8 Å². The van der Waals surface area contributed by atoms with Gasteiger partial charge >= 0.3 is 0 Å². The minimum Gasteiger partial charge on any atom is -0.378 e. The zero-order valence-corrected chi connectivity index (χ0v) is 9.73. The topological polar surface area (TPSA) is 57.2 Å². The number of hydrogen-bond acceptors (Lipinski definition) is 5. The van der Waals surface area contributed by atoms with E-state index in [0.29, 0.717) is 6.42 Å². The van der Waals surface area contributed by atoms with E-state index in [0.717, 1.165) is 0 Å². The molecule has 0 aromatic heterocycles. The lowest BCUT2D eigenvalue weighted by Gasteiger charge is -2.44. The van der Waals surface area contributed by atoms with E-state index in [-0.39, 0.29) is 25.1 Å². The second-order valence-electron chi connectivity index (χ2n) is 3.90. The van der Waals surface area contributed by atoms with Crippen molar-refractivity contribution >= 4 is 0 Å². The summed E-state index contributed by atoms with van der Waals surface area (Å²) in [5, 5.41) is 8.77. The van der Waals surface area contributed by atoms with E-state index >= 15 is 0 Å². The molecule has 90 valence electrons. The van der Waals surface area contributed by atoms with Crippen molar-refractivity contribution in [2.45, 2.75) is 44.4 Å². The van der Waals surface area contributed by atoms with Gasteiger partial charge in [-0.15, -0.1) is 0 Å². The van der Waals surface area contributed by atoms with Crippen molar-refractivity contribution < 1.29 is 24.1 Å². The van der Waals surface area contributed by atoms with E-state index in [2.05, 4.69) is 0 Å². The van der Waals surface area contributed by atoms with Crippen molar-refractivity contribution in [1.29, 1.82) is 0 Å². The summed E-state index contributed by atoms with van der Waals surface area (Å²) >= 11 is 0. The molecule has 1 heterocycles. The average molecular weight is 220 g/mol. The van der Waals surface area contributed by atoms with Gasteiger partial charge in [-0.25, -0.2) is 0 Å². The summed E-state index contributed by atoms with van der Waals surface area (Å²) in [5.41, 5.74) is 0. The van der Waals surface area contributed by atoms with Gasteiger partial charge in [-0.1, -0.05) is 0 Å². The van der Waals surface area contributed by atoms with E-state index in [9.17, 15) is 0 Å². The van der Waals surface area contributed by atoms with Crippen molar-refractivity contribution in [3.63, 3.8) is 0 Å². The molecule has 1 aliphatic rings. The smallest absolute Gasteiger partial charge is 0.168 e. The SMILES string of the molecule is CO[C@H]1C[C@](C)(OC)O[C@@H](C)[C@@H]1OCO. The lowest BCUT2D eigenvalue weighted by Crippen LogP contribution is -2.54. The van der Waals surface area contributed by atoms with Gasteiger partial charge in [0.1, 0.15) is 12.9 Å². The van der Waals surface area contributed by atoms with E-state index in [1.54, 1.807) is 14.2 Å². The zero-order chi connectivity index (χ0) is 11.5. The predicted octanol–water partition coefficient (Wildman–Crippen LogP) is 0.508. The van der Waals surface area contributed by atoms with E-state index < -0.39 is 5.79 Å². The molecule has 0 unspecified atom stereocenters. The summed E-state index contributed by atoms with van der Waals surface area (Å²) < 4.78 is 21.5. The fourth-order valence-electron chi connectivity index (χ4n) is 1.97. The largest absolute Gasteiger partial charge is 0.378 e. The summed E-state index contributed by atoms with van der Waals surface area (Å²) in [6, 6.07) is 0. The van der Waals surface area contributed by atoms with E-state index in [1.165, 1.54) is 0 Å². The summed E-state index contributed by atoms with van der Waals surface area (Å²) in [4.78, 5) is 0. The highest BCUT2D eigenvalue weighted by Gasteiger charge is 2.44. The number of rotatable bonds is 4. The molecule has 15 heavy (non-hydrogen) atoms. The predicted molar refractivity (Wildman–Crippen MR) is 53.3 cm³/mol. The first-order chi connectivity index (χ1) is 7.06. The van der Waals surface area contributed by atoms with Crippen LogP contribution in [0.15, 0.2) is 0 Å². The van der Waals surface area contributed by atoms with Crippen LogP contribution in [0.1, 0.15) is 20.3 Å². The number of aliphatic hydroxyl groups excluding tert-OH is 1. The molecule has 0 saturated carbocycles. The van der Waals surface area contributed by atoms with Crippen LogP contribution in [0.25, 0.3) is 0 Å². The quantitative estimate of drug-likeness (QED) is 0.699. The lowest BCUT2D eigenvalue weighted by molar-refractivity contribution is -0.311. The molecule has 0 aliphatic carbocycles. The maximum Gasteiger partial charge on any atom is 0.168 e. The highest BCUT2D eigenvalue weighted by atomic mass is 16.7. The monoisotopic (exact) mass is 220 g/mol. The summed E-state index contributed by atoms with van der Waals surface area (Å²) in [6.45, 7) is 3.41. The molecule has 0 spiro atoms. The summed E-state index contributed by atoms with van der Waals surface area (Å²) in [6.07, 6.45) is 0.00419. The molecular formula is C10H20O5. The van der Waals surface area contributed by atoms with Crippen LogP contribution in [0.3, 0.4) is 0 Å². The van der Waals surface area contributed by atoms with E-state index in [4.69, 9.17) is 24.1 Å². The first-order valence-corrected chi connectivity index (χ1v) is 5.04. The Bertz CT molecular complexity index is 198. The second-order valence-corrected chi connectivity index (χ2v) is 3.90. The lowest BCUT2D eigenvalue weighted by atomic mass is 9.97. The van der Waals surface area contributed by atoms with Crippen LogP contribution < -0.4 is 0 Å². The molecule has 1 N–H and O–H groups in total. The van der Waals surface area contributed by atoms with Gasteiger partial charge in [0.15, 0.2) is 5.79 Å². The Morgan fingerprint density at radius 2 is 2.13 bits per heavy atom. The molecule has 0 bridgehead atoms. The third kappa shape index (κ3) is 2.89. The van der Waals surface area contributed by atoms with Crippen LogP contribution in [0.2, 0.25) is 0 Å². The molecule has 5 heteroatoms. The molecule has 1 aliphatic heterocycles. The third-order valence-corrected chi connectivity index (χ3v) is 2.84. The second kappa shape index (κ2) is 5.23. The van der Waals surface area contributed by atoms with Gasteiger partial charge < -0.3 is 24.1 Å². The summed E-state index contributed by atoms with van der Waals surface area (Å²) in [7, 11) is 3.22. The standard InChI is InChI=1S/C10H20O5/c1-7-9(14-6-11)8(12-3)5-10(2,13-4)15-7/h7-9,11H,5-6H2,1-4H3/t7-,8-,9-,10+/m0/s1. The van der Waals surface area contributed by atoms with Crippen LogP contribution in [0.5, 0.6) is 0 Å². The molecule has 5 nitrogen and oxygen atoms in total. The fraction of sp³-hybridized carbons (Fsp3) is 1.00. The van der Waals surface area contributed by atoms with Crippen LogP contribution in [0, 0.1) is 0 Å². The van der Waals surface area contributed by atoms with Crippen molar-refractivity contribution in [3.05, 3.63) is 0 Å². The Balaban J connectivity index is 2.70. The Labute approximate surface area is 90.3 Å². The molecule has 0 aromatic rings. The fourth-order valence-corrected chi connectivity index (χ4v) is 1.97. The van der Waals surface area contributed by atoms with Crippen molar-refractivity contribution in [3.8, 4) is 0 Å². The molecule has 1 fully saturated rings. The van der Waals surface area contributed by atoms with Gasteiger partial charge in [0.25, 0.3) is 0 Å². The molecule has 0 radical (unpaired) electrons. The Hall–Kier alpha value is -0.200. The maximum atomic E-state index is 8.77. The number of ether oxygens (including phenoxy) is 4. The Morgan fingerprint density at radius 3 is 2.60 bits per heavy atom. The maximum absolute atomic E-state index is 8.77. The van der Waals surface area contributed by atoms with Crippen LogP contribution in [-0.2, 0) is 18.9 Å². The highest BCUT2D eigenvalue weighted by Crippen LogP contribution is 2.32. The summed E-state index contributed by atoms with van der Waals surface area (Å²) in [5.74, 6) is -0.643. The first kappa shape index (κ1) is 12.9. The minimum atomic E-state index is -0.643. The van der Waals surface area contributed by atoms with Gasteiger partial charge in [-0.2, -0.15) is 0 Å². The molecule has 1 saturated heterocycles. The van der Waals surface area contributed by atoms with Crippen LogP contribution in [-0.4, -0.2) is 50.2 Å². The van der Waals surface area contributed by atoms with Crippen LogP contribution in [0.4, 0.5) is 0 Å². The number of aliphatic hydroxyl groups is 1. The molecule has 0 aromatic carbocycles. The van der Waals surface area contributed by atoms with Crippen molar-refractivity contribution in [1.82, 2.24) is 0 Å². The van der Waals surface area contributed by atoms with Crippen molar-refractivity contribution in [2.24, 2.45) is 0 Å². The zero-order valence-electron chi connectivity index (χ0n) is 9.73. The van der Waals surface area contributed by atoms with Crippen molar-refractivity contribution in [2.75, 3.05) is 21.0 Å². The average Bonchev–Trinajstić information content (AvgIpc) is 2.22. The molecular weight excluding hydrogens is 200 g/mol. The van der Waals surface area contributed by atoms with Gasteiger partial charge in [0.2, 0.25) is 0 Å². The molecule has 4 atom stereocenters. The van der Waals surface area contributed by atoms with Crippen LogP contribution >= 0.6 is 0 Å². The van der Waals surface area contributed by atoms with Gasteiger partial charge in [-0.3, -0.25) is 0 Å². The minimum absolute atomic E-state index is 0.133. The normalized spacial score (nSPS) is 41.8. The molecule has 1 rings (SSSR count). The van der Waals surface area contributed by atoms with Gasteiger partial charge in [0.05, 0.1) is 12.2 Å². The third-order valence-electron chi connectivity index (χ3n) is 2.84. The highest BCUT2D eigenvalue weighted by molar-refractivity contribution is 4.87.